The first-order chi connectivity index (χ1) is 8.65. The van der Waals surface area contributed by atoms with Gasteiger partial charge in [0.2, 0.25) is 0 Å². The first kappa shape index (κ1) is 12.9. The van der Waals surface area contributed by atoms with Crippen molar-refractivity contribution in [1.82, 2.24) is 5.06 Å². The van der Waals surface area contributed by atoms with Crippen LogP contribution < -0.4 is 4.74 Å². The molecule has 0 saturated carbocycles. The van der Waals surface area contributed by atoms with Crippen LogP contribution in [0, 0.1) is 13.8 Å². The fourth-order valence-electron chi connectivity index (χ4n) is 2.03. The number of hydrogen-bond donors (Lipinski definition) is 0. The Labute approximate surface area is 107 Å². The number of benzene rings is 1. The number of carbonyl (C=O) groups excluding carboxylic acids is 1. The quantitative estimate of drug-likeness (QED) is 0.824. The van der Waals surface area contributed by atoms with Gasteiger partial charge in [0, 0.05) is 6.54 Å². The highest BCUT2D eigenvalue weighted by molar-refractivity contribution is 5.76. The number of aryl methyl sites for hydroxylation is 2. The minimum absolute atomic E-state index is 0.0306. The number of rotatable bonds is 3. The van der Waals surface area contributed by atoms with Crippen molar-refractivity contribution in [3.8, 4) is 5.75 Å². The van der Waals surface area contributed by atoms with Gasteiger partial charge >= 0.3 is 0 Å². The molecule has 1 aliphatic heterocycles. The molecule has 1 aliphatic rings. The Morgan fingerprint density at radius 2 is 2.00 bits per heavy atom. The Morgan fingerprint density at radius 3 is 2.61 bits per heavy atom. The van der Waals surface area contributed by atoms with Gasteiger partial charge in [-0.15, -0.1) is 0 Å². The first-order valence-electron chi connectivity index (χ1n) is 6.29. The van der Waals surface area contributed by atoms with E-state index in [4.69, 9.17) is 9.57 Å². The van der Waals surface area contributed by atoms with Gasteiger partial charge in [-0.05, 0) is 49.9 Å². The van der Waals surface area contributed by atoms with Crippen LogP contribution in [0.5, 0.6) is 5.75 Å². The molecular formula is C14H19NO3. The van der Waals surface area contributed by atoms with Crippen LogP contribution in [-0.2, 0) is 9.63 Å². The maximum absolute atomic E-state index is 11.8. The summed E-state index contributed by atoms with van der Waals surface area (Å²) in [6.07, 6.45) is 2.01. The topological polar surface area (TPSA) is 38.8 Å². The van der Waals surface area contributed by atoms with E-state index in [1.165, 1.54) is 5.06 Å². The smallest absolute Gasteiger partial charge is 0.283 e. The third-order valence-corrected chi connectivity index (χ3v) is 2.84. The van der Waals surface area contributed by atoms with Crippen molar-refractivity contribution in [1.29, 1.82) is 0 Å². The van der Waals surface area contributed by atoms with E-state index in [9.17, 15) is 4.79 Å². The molecule has 1 fully saturated rings. The molecule has 1 aromatic carbocycles. The predicted molar refractivity (Wildman–Crippen MR) is 68.3 cm³/mol. The second-order valence-corrected chi connectivity index (χ2v) is 4.65. The summed E-state index contributed by atoms with van der Waals surface area (Å²) >= 11 is 0. The van der Waals surface area contributed by atoms with Crippen molar-refractivity contribution in [3.05, 3.63) is 29.3 Å². The summed E-state index contributed by atoms with van der Waals surface area (Å²) in [7, 11) is 0. The lowest BCUT2D eigenvalue weighted by atomic mass is 10.1. The van der Waals surface area contributed by atoms with Gasteiger partial charge in [0.05, 0.1) is 6.61 Å². The third-order valence-electron chi connectivity index (χ3n) is 2.84. The lowest BCUT2D eigenvalue weighted by Crippen LogP contribution is -2.38. The van der Waals surface area contributed by atoms with Crippen molar-refractivity contribution < 1.29 is 14.4 Å². The molecule has 1 aromatic rings. The molecule has 4 heteroatoms. The van der Waals surface area contributed by atoms with Crippen LogP contribution >= 0.6 is 0 Å². The molecule has 0 unspecified atom stereocenters. The molecule has 0 atom stereocenters. The van der Waals surface area contributed by atoms with Gasteiger partial charge in [-0.1, -0.05) is 6.07 Å². The average molecular weight is 249 g/mol. The Balaban J connectivity index is 1.88. The minimum atomic E-state index is -0.117. The maximum atomic E-state index is 11.8. The summed E-state index contributed by atoms with van der Waals surface area (Å²) in [5.41, 5.74) is 2.26. The van der Waals surface area contributed by atoms with Crippen molar-refractivity contribution in [2.75, 3.05) is 19.8 Å². The molecule has 0 bridgehead atoms. The van der Waals surface area contributed by atoms with Gasteiger partial charge in [0.15, 0.2) is 6.61 Å². The van der Waals surface area contributed by atoms with E-state index >= 15 is 0 Å². The minimum Gasteiger partial charge on any atom is -0.484 e. The molecular weight excluding hydrogens is 230 g/mol. The number of hydroxylamine groups is 2. The number of ether oxygens (including phenoxy) is 1. The highest BCUT2D eigenvalue weighted by Crippen LogP contribution is 2.16. The van der Waals surface area contributed by atoms with Crippen molar-refractivity contribution >= 4 is 5.91 Å². The molecule has 0 aromatic heterocycles. The van der Waals surface area contributed by atoms with Crippen LogP contribution in [0.1, 0.15) is 24.0 Å². The van der Waals surface area contributed by atoms with Gasteiger partial charge in [-0.3, -0.25) is 9.63 Å². The second kappa shape index (κ2) is 5.87. The molecule has 1 amide bonds. The number of hydrogen-bond acceptors (Lipinski definition) is 3. The predicted octanol–water partition coefficient (Wildman–Crippen LogP) is 2.24. The summed E-state index contributed by atoms with van der Waals surface area (Å²) in [5, 5.41) is 1.41. The summed E-state index contributed by atoms with van der Waals surface area (Å²) in [6.45, 7) is 5.33. The van der Waals surface area contributed by atoms with Crippen molar-refractivity contribution in [2.45, 2.75) is 26.7 Å². The third kappa shape index (κ3) is 3.47. The molecule has 18 heavy (non-hydrogen) atoms. The first-order valence-corrected chi connectivity index (χ1v) is 6.29. The van der Waals surface area contributed by atoms with E-state index in [-0.39, 0.29) is 12.5 Å². The average Bonchev–Trinajstić information content (AvgIpc) is 2.36. The van der Waals surface area contributed by atoms with Crippen LogP contribution in [0.25, 0.3) is 0 Å². The molecule has 0 radical (unpaired) electrons. The molecule has 2 rings (SSSR count). The van der Waals surface area contributed by atoms with Crippen LogP contribution in [0.3, 0.4) is 0 Å². The molecule has 98 valence electrons. The van der Waals surface area contributed by atoms with Gasteiger partial charge < -0.3 is 4.74 Å². The summed E-state index contributed by atoms with van der Waals surface area (Å²) in [5.74, 6) is 0.617. The Hall–Kier alpha value is -1.55. The van der Waals surface area contributed by atoms with Crippen LogP contribution in [0.4, 0.5) is 0 Å². The van der Waals surface area contributed by atoms with Crippen molar-refractivity contribution in [2.24, 2.45) is 0 Å². The van der Waals surface area contributed by atoms with E-state index in [0.717, 1.165) is 29.7 Å². The number of nitrogens with zero attached hydrogens (tertiary/aromatic N) is 1. The summed E-state index contributed by atoms with van der Waals surface area (Å²) in [6, 6.07) is 5.93. The van der Waals surface area contributed by atoms with E-state index in [1.807, 2.05) is 26.0 Å². The summed E-state index contributed by atoms with van der Waals surface area (Å²) < 4.78 is 5.51. The fourth-order valence-corrected chi connectivity index (χ4v) is 2.03. The van der Waals surface area contributed by atoms with Gasteiger partial charge in [0.25, 0.3) is 5.91 Å². The van der Waals surface area contributed by atoms with Gasteiger partial charge in [-0.2, -0.15) is 0 Å². The standard InChI is InChI=1S/C14H19NO3/c1-11-7-12(2)9-13(8-11)17-10-14(16)15-5-3-4-6-18-15/h7-9H,3-6,10H2,1-2H3. The van der Waals surface area contributed by atoms with E-state index in [1.54, 1.807) is 0 Å². The molecule has 1 heterocycles. The van der Waals surface area contributed by atoms with Crippen LogP contribution in [0.15, 0.2) is 18.2 Å². The zero-order valence-electron chi connectivity index (χ0n) is 10.9. The molecule has 0 spiro atoms. The Morgan fingerprint density at radius 1 is 1.28 bits per heavy atom. The monoisotopic (exact) mass is 249 g/mol. The Bertz CT molecular complexity index is 405. The van der Waals surface area contributed by atoms with Gasteiger partial charge in [-0.25, -0.2) is 5.06 Å². The normalized spacial score (nSPS) is 15.6. The zero-order valence-corrected chi connectivity index (χ0v) is 10.9. The van der Waals surface area contributed by atoms with Crippen LogP contribution in [0.2, 0.25) is 0 Å². The zero-order chi connectivity index (χ0) is 13.0. The van der Waals surface area contributed by atoms with E-state index in [2.05, 4.69) is 6.07 Å². The fraction of sp³-hybridized carbons (Fsp3) is 0.500. The van der Waals surface area contributed by atoms with Gasteiger partial charge in [0.1, 0.15) is 5.75 Å². The number of amides is 1. The lowest BCUT2D eigenvalue weighted by molar-refractivity contribution is -0.198. The van der Waals surface area contributed by atoms with E-state index in [0.29, 0.717) is 13.2 Å². The maximum Gasteiger partial charge on any atom is 0.283 e. The van der Waals surface area contributed by atoms with Crippen molar-refractivity contribution in [3.63, 3.8) is 0 Å². The SMILES string of the molecule is Cc1cc(C)cc(OCC(=O)N2CCCCO2)c1. The molecule has 1 saturated heterocycles. The molecule has 0 N–H and O–H groups in total. The molecule has 4 nitrogen and oxygen atoms in total. The highest BCUT2D eigenvalue weighted by atomic mass is 16.7. The largest absolute Gasteiger partial charge is 0.484 e. The van der Waals surface area contributed by atoms with Crippen LogP contribution in [-0.4, -0.2) is 30.7 Å². The second-order valence-electron chi connectivity index (χ2n) is 4.65. The number of carbonyl (C=O) groups is 1. The van der Waals surface area contributed by atoms with E-state index < -0.39 is 0 Å². The lowest BCUT2D eigenvalue weighted by Gasteiger charge is -2.25. The highest BCUT2D eigenvalue weighted by Gasteiger charge is 2.18. The molecule has 0 aliphatic carbocycles. The Kier molecular flexibility index (Phi) is 4.20. The summed E-state index contributed by atoms with van der Waals surface area (Å²) in [4.78, 5) is 17.1.